The molecule has 0 radical (unpaired) electrons. The number of nitrogens with two attached hydrogens (primary N) is 1. The van der Waals surface area contributed by atoms with E-state index in [4.69, 9.17) is 15.9 Å². The summed E-state index contributed by atoms with van der Waals surface area (Å²) in [7, 11) is 1.65. The van der Waals surface area contributed by atoms with Crippen LogP contribution in [-0.2, 0) is 6.42 Å². The number of nitrogens with one attached hydrogen (secondary N) is 1. The Kier molecular flexibility index (Phi) is 3.62. The van der Waals surface area contributed by atoms with Crippen LogP contribution in [0.4, 0.5) is 0 Å². The highest BCUT2D eigenvalue weighted by atomic mass is 32.1. The number of aromatic nitrogens is 1. The number of nitrogens with zero attached hydrogens (tertiary/aromatic N) is 1. The van der Waals surface area contributed by atoms with Crippen LogP contribution in [0.1, 0.15) is 21.1 Å². The van der Waals surface area contributed by atoms with Crippen molar-refractivity contribution in [2.45, 2.75) is 13.3 Å². The molecule has 2 rings (SSSR count). The Morgan fingerprint density at radius 1 is 1.39 bits per heavy atom. The quantitative estimate of drug-likeness (QED) is 0.655. The molecule has 0 bridgehead atoms. The fourth-order valence-corrected chi connectivity index (χ4v) is 2.66. The zero-order chi connectivity index (χ0) is 13.1. The summed E-state index contributed by atoms with van der Waals surface area (Å²) in [6.07, 6.45) is 0.753. The fourth-order valence-electron chi connectivity index (χ4n) is 1.70. The molecule has 0 spiro atoms. The predicted octanol–water partition coefficient (Wildman–Crippen LogP) is 2.33. The van der Waals surface area contributed by atoms with Gasteiger partial charge in [-0.25, -0.2) is 4.98 Å². The molecule has 4 nitrogen and oxygen atoms in total. The minimum absolute atomic E-state index is 0.0889. The van der Waals surface area contributed by atoms with Gasteiger partial charge >= 0.3 is 0 Å². The highest BCUT2D eigenvalue weighted by molar-refractivity contribution is 7.13. The van der Waals surface area contributed by atoms with Crippen molar-refractivity contribution < 1.29 is 4.74 Å². The van der Waals surface area contributed by atoms with Crippen LogP contribution >= 0.6 is 11.3 Å². The van der Waals surface area contributed by atoms with Crippen LogP contribution in [0, 0.1) is 12.3 Å². The fraction of sp³-hybridized carbons (Fsp3) is 0.231. The average Bonchev–Trinajstić information content (AvgIpc) is 2.71. The van der Waals surface area contributed by atoms with Crippen LogP contribution in [0.5, 0.6) is 5.75 Å². The molecule has 5 heteroatoms. The predicted molar refractivity (Wildman–Crippen MR) is 73.7 cm³/mol. The molecule has 2 aromatic rings. The summed E-state index contributed by atoms with van der Waals surface area (Å²) in [6.45, 7) is 1.88. The monoisotopic (exact) mass is 261 g/mol. The molecule has 0 unspecified atom stereocenters. The molecule has 3 N–H and O–H groups in total. The maximum Gasteiger partial charge on any atom is 0.135 e. The van der Waals surface area contributed by atoms with E-state index in [1.807, 2.05) is 31.2 Å². The van der Waals surface area contributed by atoms with Gasteiger partial charge in [0.1, 0.15) is 11.6 Å². The number of amidine groups is 1. The van der Waals surface area contributed by atoms with Gasteiger partial charge in [-0.2, -0.15) is 0 Å². The average molecular weight is 261 g/mol. The summed E-state index contributed by atoms with van der Waals surface area (Å²) in [5, 5.41) is 8.43. The van der Waals surface area contributed by atoms with Gasteiger partial charge in [-0.05, 0) is 24.6 Å². The number of benzene rings is 1. The van der Waals surface area contributed by atoms with Crippen molar-refractivity contribution in [2.24, 2.45) is 5.73 Å². The lowest BCUT2D eigenvalue weighted by Crippen LogP contribution is -2.10. The van der Waals surface area contributed by atoms with E-state index in [1.165, 1.54) is 16.9 Å². The minimum atomic E-state index is 0.0889. The Labute approximate surface area is 110 Å². The molecule has 18 heavy (non-hydrogen) atoms. The minimum Gasteiger partial charge on any atom is -0.497 e. The van der Waals surface area contributed by atoms with Gasteiger partial charge in [-0.15, -0.1) is 11.3 Å². The van der Waals surface area contributed by atoms with Crippen molar-refractivity contribution in [1.29, 1.82) is 5.41 Å². The first-order valence-corrected chi connectivity index (χ1v) is 6.35. The van der Waals surface area contributed by atoms with Crippen LogP contribution in [-0.4, -0.2) is 17.9 Å². The Morgan fingerprint density at radius 3 is 2.56 bits per heavy atom. The molecule has 0 aliphatic heterocycles. The number of methoxy groups -OCH3 is 1. The number of ether oxygens (including phenoxy) is 1. The first kappa shape index (κ1) is 12.6. The van der Waals surface area contributed by atoms with Gasteiger partial charge in [0.25, 0.3) is 0 Å². The van der Waals surface area contributed by atoms with Gasteiger partial charge in [0.15, 0.2) is 0 Å². The van der Waals surface area contributed by atoms with Crippen molar-refractivity contribution in [3.05, 3.63) is 45.4 Å². The number of hydrogen-bond acceptors (Lipinski definition) is 4. The van der Waals surface area contributed by atoms with E-state index in [0.29, 0.717) is 0 Å². The zero-order valence-electron chi connectivity index (χ0n) is 10.4. The molecule has 1 aromatic heterocycles. The van der Waals surface area contributed by atoms with E-state index in [1.54, 1.807) is 7.11 Å². The van der Waals surface area contributed by atoms with Gasteiger partial charge in [-0.1, -0.05) is 12.1 Å². The third-order valence-corrected chi connectivity index (χ3v) is 3.79. The van der Waals surface area contributed by atoms with Crippen molar-refractivity contribution in [2.75, 3.05) is 7.11 Å². The summed E-state index contributed by atoms with van der Waals surface area (Å²) in [4.78, 5) is 5.20. The second-order valence-corrected chi connectivity index (χ2v) is 5.04. The second kappa shape index (κ2) is 5.18. The topological polar surface area (TPSA) is 72.0 Å². The van der Waals surface area contributed by atoms with Crippen molar-refractivity contribution in [1.82, 2.24) is 4.98 Å². The van der Waals surface area contributed by atoms with E-state index >= 15 is 0 Å². The van der Waals surface area contributed by atoms with E-state index in [0.717, 1.165) is 27.7 Å². The molecular weight excluding hydrogens is 246 g/mol. The number of hydrogen-bond donors (Lipinski definition) is 2. The number of rotatable bonds is 4. The lowest BCUT2D eigenvalue weighted by Gasteiger charge is -2.01. The normalized spacial score (nSPS) is 10.3. The highest BCUT2D eigenvalue weighted by Gasteiger charge is 2.10. The SMILES string of the molecule is COc1ccc(Cc2nc(C)c(C(=N)N)s2)cc1. The van der Waals surface area contributed by atoms with Crippen molar-refractivity contribution in [3.8, 4) is 5.75 Å². The second-order valence-electron chi connectivity index (χ2n) is 3.96. The van der Waals surface area contributed by atoms with Gasteiger partial charge in [0.2, 0.25) is 0 Å². The van der Waals surface area contributed by atoms with E-state index < -0.39 is 0 Å². The summed E-state index contributed by atoms with van der Waals surface area (Å²) < 4.78 is 5.12. The third-order valence-electron chi connectivity index (χ3n) is 2.60. The van der Waals surface area contributed by atoms with Gasteiger partial charge < -0.3 is 10.5 Å². The summed E-state index contributed by atoms with van der Waals surface area (Å²) in [5.74, 6) is 0.935. The number of thiazole rings is 1. The third kappa shape index (κ3) is 2.68. The zero-order valence-corrected chi connectivity index (χ0v) is 11.2. The molecule has 0 saturated heterocycles. The van der Waals surface area contributed by atoms with Crippen LogP contribution in [0.25, 0.3) is 0 Å². The summed E-state index contributed by atoms with van der Waals surface area (Å²) in [6, 6.07) is 7.90. The van der Waals surface area contributed by atoms with Crippen LogP contribution in [0.2, 0.25) is 0 Å². The van der Waals surface area contributed by atoms with E-state index in [-0.39, 0.29) is 5.84 Å². The highest BCUT2D eigenvalue weighted by Crippen LogP contribution is 2.21. The standard InChI is InChI=1S/C13H15N3OS/c1-8-12(13(14)15)18-11(16-8)7-9-3-5-10(17-2)6-4-9/h3-6H,7H2,1-2H3,(H3,14,15). The molecular formula is C13H15N3OS. The van der Waals surface area contributed by atoms with Crippen LogP contribution in [0.3, 0.4) is 0 Å². The van der Waals surface area contributed by atoms with Crippen molar-refractivity contribution >= 4 is 17.2 Å². The van der Waals surface area contributed by atoms with Gasteiger partial charge in [-0.3, -0.25) is 5.41 Å². The Morgan fingerprint density at radius 2 is 2.06 bits per heavy atom. The van der Waals surface area contributed by atoms with Crippen molar-refractivity contribution in [3.63, 3.8) is 0 Å². The lowest BCUT2D eigenvalue weighted by molar-refractivity contribution is 0.414. The Balaban J connectivity index is 2.18. The first-order chi connectivity index (χ1) is 8.60. The Hall–Kier alpha value is -1.88. The molecule has 1 aromatic carbocycles. The van der Waals surface area contributed by atoms with E-state index in [2.05, 4.69) is 4.98 Å². The molecule has 0 aliphatic carbocycles. The molecule has 0 aliphatic rings. The van der Waals surface area contributed by atoms with Crippen LogP contribution in [0.15, 0.2) is 24.3 Å². The molecule has 0 saturated carbocycles. The van der Waals surface area contributed by atoms with Gasteiger partial charge in [0, 0.05) is 6.42 Å². The van der Waals surface area contributed by atoms with Gasteiger partial charge in [0.05, 0.1) is 22.7 Å². The Bertz CT molecular complexity index is 560. The number of aryl methyl sites for hydroxylation is 1. The van der Waals surface area contributed by atoms with Crippen LogP contribution < -0.4 is 10.5 Å². The smallest absolute Gasteiger partial charge is 0.135 e. The summed E-state index contributed by atoms with van der Waals surface area (Å²) in [5.41, 5.74) is 7.49. The number of nitrogen functional groups attached to an aromatic ring is 1. The molecule has 94 valence electrons. The molecule has 0 amide bonds. The lowest BCUT2D eigenvalue weighted by atomic mass is 10.1. The van der Waals surface area contributed by atoms with E-state index in [9.17, 15) is 0 Å². The largest absolute Gasteiger partial charge is 0.497 e. The molecule has 1 heterocycles. The molecule has 0 fully saturated rings. The molecule has 0 atom stereocenters. The first-order valence-electron chi connectivity index (χ1n) is 5.53. The summed E-state index contributed by atoms with van der Waals surface area (Å²) >= 11 is 1.48. The maximum absolute atomic E-state index is 7.45. The maximum atomic E-state index is 7.45.